The van der Waals surface area contributed by atoms with Crippen LogP contribution in [0.15, 0.2) is 17.6 Å². The van der Waals surface area contributed by atoms with Crippen molar-refractivity contribution < 1.29 is 4.74 Å². The summed E-state index contributed by atoms with van der Waals surface area (Å²) < 4.78 is 5.55. The van der Waals surface area contributed by atoms with Crippen molar-refractivity contribution >= 4 is 29.9 Å². The Balaban J connectivity index is 0.00000256. The molecule has 0 aliphatic carbocycles. The van der Waals surface area contributed by atoms with Gasteiger partial charge in [-0.05, 0) is 6.42 Å². The van der Waals surface area contributed by atoms with Crippen LogP contribution in [0.5, 0.6) is 0 Å². The highest BCUT2D eigenvalue weighted by atomic mass is 127. The fourth-order valence-electron chi connectivity index (χ4n) is 1.99. The molecule has 1 heterocycles. The fraction of sp³-hybridized carbons (Fsp3) is 0.750. The van der Waals surface area contributed by atoms with Gasteiger partial charge in [-0.15, -0.1) is 30.6 Å². The van der Waals surface area contributed by atoms with Gasteiger partial charge in [0.1, 0.15) is 0 Å². The van der Waals surface area contributed by atoms with Crippen LogP contribution in [-0.2, 0) is 4.74 Å². The largest absolute Gasteiger partial charge is 0.374 e. The first-order chi connectivity index (χ1) is 7.56. The molecule has 1 saturated heterocycles. The summed E-state index contributed by atoms with van der Waals surface area (Å²) in [6.07, 6.45) is 3.14. The molecule has 5 heteroatoms. The molecule has 0 radical (unpaired) electrons. The van der Waals surface area contributed by atoms with Gasteiger partial charge in [-0.25, -0.2) is 0 Å². The van der Waals surface area contributed by atoms with E-state index in [0.717, 1.165) is 25.5 Å². The highest BCUT2D eigenvalue weighted by Crippen LogP contribution is 2.21. The van der Waals surface area contributed by atoms with Crippen molar-refractivity contribution in [2.45, 2.75) is 12.5 Å². The monoisotopic (exact) mass is 353 g/mol. The van der Waals surface area contributed by atoms with Crippen LogP contribution < -0.4 is 0 Å². The van der Waals surface area contributed by atoms with Crippen molar-refractivity contribution in [2.75, 3.05) is 41.3 Å². The summed E-state index contributed by atoms with van der Waals surface area (Å²) in [5.74, 6) is 1.47. The molecular weight excluding hydrogens is 329 g/mol. The van der Waals surface area contributed by atoms with Crippen LogP contribution >= 0.6 is 24.0 Å². The van der Waals surface area contributed by atoms with Crippen LogP contribution in [0.1, 0.15) is 6.42 Å². The van der Waals surface area contributed by atoms with Gasteiger partial charge in [-0.1, -0.05) is 6.08 Å². The second-order valence-corrected chi connectivity index (χ2v) is 4.55. The Hall–Kier alpha value is -0.300. The molecule has 100 valence electrons. The Labute approximate surface area is 122 Å². The molecule has 17 heavy (non-hydrogen) atoms. The maximum absolute atomic E-state index is 5.55. The van der Waals surface area contributed by atoms with E-state index in [1.54, 1.807) is 0 Å². The summed E-state index contributed by atoms with van der Waals surface area (Å²) >= 11 is 0. The van der Waals surface area contributed by atoms with E-state index in [0.29, 0.717) is 5.92 Å². The molecule has 1 aliphatic rings. The summed E-state index contributed by atoms with van der Waals surface area (Å²) in [6, 6.07) is 0. The Morgan fingerprint density at radius 2 is 1.94 bits per heavy atom. The number of ether oxygens (including phenoxy) is 1. The van der Waals surface area contributed by atoms with Crippen LogP contribution in [0.25, 0.3) is 0 Å². The summed E-state index contributed by atoms with van der Waals surface area (Å²) in [5.41, 5.74) is 0. The predicted molar refractivity (Wildman–Crippen MR) is 83.1 cm³/mol. The maximum atomic E-state index is 5.55. The minimum Gasteiger partial charge on any atom is -0.374 e. The minimum atomic E-state index is 0. The standard InChI is InChI=1S/C12H23N3O.HI/c1-6-11-10(7-8-16-11)9-13-12(14(2)3)15(4)5;/h6,10-11H,1,7-9H2,2-5H3;1H/t10-,11-;/m0./s1. The van der Waals surface area contributed by atoms with Crippen molar-refractivity contribution in [3.05, 3.63) is 12.7 Å². The first-order valence-electron chi connectivity index (χ1n) is 5.69. The molecule has 0 amide bonds. The Kier molecular flexibility index (Phi) is 7.78. The van der Waals surface area contributed by atoms with Crippen molar-refractivity contribution in [1.82, 2.24) is 9.80 Å². The molecular formula is C12H24IN3O. The molecule has 4 nitrogen and oxygen atoms in total. The molecule has 2 atom stereocenters. The predicted octanol–water partition coefficient (Wildman–Crippen LogP) is 1.67. The van der Waals surface area contributed by atoms with Crippen molar-refractivity contribution in [3.63, 3.8) is 0 Å². The molecule has 0 N–H and O–H groups in total. The lowest BCUT2D eigenvalue weighted by atomic mass is 10.0. The number of rotatable bonds is 3. The molecule has 0 saturated carbocycles. The van der Waals surface area contributed by atoms with Crippen molar-refractivity contribution in [3.8, 4) is 0 Å². The average molecular weight is 353 g/mol. The highest BCUT2D eigenvalue weighted by molar-refractivity contribution is 14.0. The van der Waals surface area contributed by atoms with Gasteiger partial charge in [0.25, 0.3) is 0 Å². The Bertz CT molecular complexity index is 256. The summed E-state index contributed by atoms with van der Waals surface area (Å²) in [5, 5.41) is 0. The lowest BCUT2D eigenvalue weighted by Gasteiger charge is -2.23. The molecule has 1 rings (SSSR count). The second kappa shape index (κ2) is 7.92. The third-order valence-electron chi connectivity index (χ3n) is 2.76. The third kappa shape index (κ3) is 4.83. The quantitative estimate of drug-likeness (QED) is 0.335. The average Bonchev–Trinajstić information content (AvgIpc) is 2.64. The SMILES string of the molecule is C=C[C@@H]1OCC[C@H]1CN=C(N(C)C)N(C)C.I. The second-order valence-electron chi connectivity index (χ2n) is 4.55. The molecule has 0 bridgehead atoms. The topological polar surface area (TPSA) is 28.1 Å². The summed E-state index contributed by atoms with van der Waals surface area (Å²) in [6.45, 7) is 5.43. The van der Waals surface area contributed by atoms with Gasteiger partial charge in [-0.2, -0.15) is 0 Å². The zero-order valence-corrected chi connectivity index (χ0v) is 13.5. The lowest BCUT2D eigenvalue weighted by molar-refractivity contribution is 0.129. The zero-order valence-electron chi connectivity index (χ0n) is 11.2. The van der Waals surface area contributed by atoms with E-state index in [9.17, 15) is 0 Å². The van der Waals surface area contributed by atoms with E-state index in [1.165, 1.54) is 0 Å². The van der Waals surface area contributed by atoms with Gasteiger partial charge in [-0.3, -0.25) is 4.99 Å². The van der Waals surface area contributed by atoms with Gasteiger partial charge >= 0.3 is 0 Å². The van der Waals surface area contributed by atoms with Gasteiger partial charge in [0.15, 0.2) is 5.96 Å². The van der Waals surface area contributed by atoms with Crippen LogP contribution in [0.2, 0.25) is 0 Å². The third-order valence-corrected chi connectivity index (χ3v) is 2.76. The van der Waals surface area contributed by atoms with Gasteiger partial charge in [0, 0.05) is 47.3 Å². The van der Waals surface area contributed by atoms with E-state index < -0.39 is 0 Å². The number of aliphatic imine (C=N–C) groups is 1. The number of hydrogen-bond donors (Lipinski definition) is 0. The van der Waals surface area contributed by atoms with E-state index >= 15 is 0 Å². The van der Waals surface area contributed by atoms with Crippen molar-refractivity contribution in [1.29, 1.82) is 0 Å². The highest BCUT2D eigenvalue weighted by Gasteiger charge is 2.25. The maximum Gasteiger partial charge on any atom is 0.195 e. The molecule has 0 unspecified atom stereocenters. The van der Waals surface area contributed by atoms with Gasteiger partial charge in [0.2, 0.25) is 0 Å². The lowest BCUT2D eigenvalue weighted by Crippen LogP contribution is -2.36. The number of nitrogens with zero attached hydrogens (tertiary/aromatic N) is 3. The number of hydrogen-bond acceptors (Lipinski definition) is 2. The number of halogens is 1. The Morgan fingerprint density at radius 3 is 2.41 bits per heavy atom. The fourth-order valence-corrected chi connectivity index (χ4v) is 1.99. The van der Waals surface area contributed by atoms with Crippen LogP contribution in [0.4, 0.5) is 0 Å². The van der Waals surface area contributed by atoms with Crippen LogP contribution in [0.3, 0.4) is 0 Å². The van der Waals surface area contributed by atoms with Crippen LogP contribution in [0, 0.1) is 5.92 Å². The normalized spacial score (nSPS) is 22.6. The Morgan fingerprint density at radius 1 is 1.35 bits per heavy atom. The molecule has 1 aliphatic heterocycles. The summed E-state index contributed by atoms with van der Waals surface area (Å²) in [4.78, 5) is 8.70. The molecule has 1 fully saturated rings. The first-order valence-corrected chi connectivity index (χ1v) is 5.69. The van der Waals surface area contributed by atoms with E-state index in [4.69, 9.17) is 4.74 Å². The molecule has 0 aromatic rings. The van der Waals surface area contributed by atoms with Crippen molar-refractivity contribution in [2.24, 2.45) is 10.9 Å². The first kappa shape index (κ1) is 16.7. The number of guanidine groups is 1. The molecule has 0 aromatic heterocycles. The van der Waals surface area contributed by atoms with E-state index in [-0.39, 0.29) is 30.1 Å². The summed E-state index contributed by atoms with van der Waals surface area (Å²) in [7, 11) is 8.04. The smallest absolute Gasteiger partial charge is 0.195 e. The molecule has 0 spiro atoms. The van der Waals surface area contributed by atoms with Gasteiger partial charge < -0.3 is 14.5 Å². The molecule has 0 aromatic carbocycles. The van der Waals surface area contributed by atoms with E-state index in [1.807, 2.05) is 44.1 Å². The zero-order chi connectivity index (χ0) is 12.1. The minimum absolute atomic E-state index is 0. The van der Waals surface area contributed by atoms with E-state index in [2.05, 4.69) is 11.6 Å². The van der Waals surface area contributed by atoms with Crippen LogP contribution in [-0.4, -0.2) is 63.2 Å². The van der Waals surface area contributed by atoms with Gasteiger partial charge in [0.05, 0.1) is 6.10 Å².